The normalized spacial score (nSPS) is 19.5. The summed E-state index contributed by atoms with van der Waals surface area (Å²) in [6.07, 6.45) is 0. The highest BCUT2D eigenvalue weighted by atomic mass is 32.2. The average molecular weight is 325 g/mol. The molecule has 0 saturated carbocycles. The maximum atomic E-state index is 12.6. The van der Waals surface area contributed by atoms with Gasteiger partial charge in [-0.25, -0.2) is 13.1 Å². The summed E-state index contributed by atoms with van der Waals surface area (Å²) in [5.74, 6) is -0.129. The first-order valence-corrected chi connectivity index (χ1v) is 8.93. The van der Waals surface area contributed by atoms with Gasteiger partial charge in [-0.15, -0.1) is 0 Å². The fourth-order valence-corrected chi connectivity index (χ4v) is 3.78. The number of piperazine rings is 1. The summed E-state index contributed by atoms with van der Waals surface area (Å²) in [5, 5.41) is 3.23. The number of carbonyl (C=O) groups is 1. The maximum Gasteiger partial charge on any atom is 0.254 e. The number of hydrogen-bond acceptors (Lipinski definition) is 4. The second kappa shape index (κ2) is 6.76. The summed E-state index contributed by atoms with van der Waals surface area (Å²) >= 11 is 0. The van der Waals surface area contributed by atoms with Crippen molar-refractivity contribution in [2.24, 2.45) is 0 Å². The summed E-state index contributed by atoms with van der Waals surface area (Å²) < 4.78 is 27.0. The van der Waals surface area contributed by atoms with Crippen molar-refractivity contribution in [1.29, 1.82) is 0 Å². The Morgan fingerprint density at radius 1 is 1.41 bits per heavy atom. The van der Waals surface area contributed by atoms with Crippen molar-refractivity contribution in [2.45, 2.75) is 37.8 Å². The van der Waals surface area contributed by atoms with Crippen molar-refractivity contribution in [3.8, 4) is 0 Å². The number of nitrogens with zero attached hydrogens (tertiary/aromatic N) is 1. The summed E-state index contributed by atoms with van der Waals surface area (Å²) in [4.78, 5) is 14.5. The summed E-state index contributed by atoms with van der Waals surface area (Å²) in [6.45, 7) is 7.62. The molecule has 1 fully saturated rings. The van der Waals surface area contributed by atoms with Crippen molar-refractivity contribution >= 4 is 15.9 Å². The van der Waals surface area contributed by atoms with E-state index < -0.39 is 10.0 Å². The first-order chi connectivity index (χ1) is 10.3. The fourth-order valence-electron chi connectivity index (χ4n) is 2.48. The number of rotatable bonds is 4. The van der Waals surface area contributed by atoms with Gasteiger partial charge >= 0.3 is 0 Å². The van der Waals surface area contributed by atoms with Crippen LogP contribution in [0, 0.1) is 0 Å². The lowest BCUT2D eigenvalue weighted by molar-refractivity contribution is 0.0655. The molecule has 0 spiro atoms. The molecule has 1 aliphatic heterocycles. The van der Waals surface area contributed by atoms with E-state index in [-0.39, 0.29) is 22.9 Å². The van der Waals surface area contributed by atoms with E-state index in [4.69, 9.17) is 0 Å². The Labute approximate surface area is 131 Å². The third-order valence-corrected chi connectivity index (χ3v) is 5.20. The van der Waals surface area contributed by atoms with Crippen LogP contribution in [0.15, 0.2) is 29.2 Å². The van der Waals surface area contributed by atoms with Crippen molar-refractivity contribution in [2.75, 3.05) is 19.6 Å². The molecule has 1 aliphatic rings. The van der Waals surface area contributed by atoms with Gasteiger partial charge in [0, 0.05) is 37.3 Å². The van der Waals surface area contributed by atoms with Gasteiger partial charge in [0.2, 0.25) is 10.0 Å². The zero-order valence-corrected chi connectivity index (χ0v) is 14.0. The zero-order valence-electron chi connectivity index (χ0n) is 13.2. The summed E-state index contributed by atoms with van der Waals surface area (Å²) in [6, 6.07) is 6.11. The van der Waals surface area contributed by atoms with Gasteiger partial charge < -0.3 is 10.2 Å². The minimum absolute atomic E-state index is 0.0929. The van der Waals surface area contributed by atoms with Crippen LogP contribution < -0.4 is 10.0 Å². The minimum Gasteiger partial charge on any atom is -0.333 e. The molecule has 6 nitrogen and oxygen atoms in total. The van der Waals surface area contributed by atoms with Crippen LogP contribution in [0.1, 0.15) is 31.1 Å². The van der Waals surface area contributed by atoms with E-state index in [0.29, 0.717) is 12.1 Å². The van der Waals surface area contributed by atoms with Crippen LogP contribution in [-0.2, 0) is 10.0 Å². The lowest BCUT2D eigenvalue weighted by Gasteiger charge is -2.34. The first-order valence-electron chi connectivity index (χ1n) is 7.45. The molecule has 0 aromatic heterocycles. The van der Waals surface area contributed by atoms with E-state index >= 15 is 0 Å². The molecule has 1 amide bonds. The van der Waals surface area contributed by atoms with E-state index in [1.54, 1.807) is 30.9 Å². The van der Waals surface area contributed by atoms with Gasteiger partial charge in [0.25, 0.3) is 5.91 Å². The number of benzene rings is 1. The van der Waals surface area contributed by atoms with E-state index in [1.165, 1.54) is 12.1 Å². The van der Waals surface area contributed by atoms with Crippen LogP contribution in [0.2, 0.25) is 0 Å². The molecule has 22 heavy (non-hydrogen) atoms. The van der Waals surface area contributed by atoms with E-state index in [1.807, 2.05) is 6.92 Å². The second-order valence-electron chi connectivity index (χ2n) is 5.86. The Morgan fingerprint density at radius 3 is 2.77 bits per heavy atom. The summed E-state index contributed by atoms with van der Waals surface area (Å²) in [7, 11) is -3.59. The van der Waals surface area contributed by atoms with Gasteiger partial charge in [0.1, 0.15) is 0 Å². The second-order valence-corrected chi connectivity index (χ2v) is 7.57. The fraction of sp³-hybridized carbons (Fsp3) is 0.533. The molecule has 0 radical (unpaired) electrons. The Kier molecular flexibility index (Phi) is 5.20. The van der Waals surface area contributed by atoms with E-state index in [9.17, 15) is 13.2 Å². The van der Waals surface area contributed by atoms with Crippen LogP contribution in [0.5, 0.6) is 0 Å². The predicted octanol–water partition coefficient (Wildman–Crippen LogP) is 0.807. The molecule has 1 atom stereocenters. The molecule has 0 aliphatic carbocycles. The lowest BCUT2D eigenvalue weighted by atomic mass is 10.1. The highest BCUT2D eigenvalue weighted by molar-refractivity contribution is 7.89. The Morgan fingerprint density at radius 2 is 2.14 bits per heavy atom. The van der Waals surface area contributed by atoms with Gasteiger partial charge in [-0.2, -0.15) is 0 Å². The average Bonchev–Trinajstić information content (AvgIpc) is 2.46. The van der Waals surface area contributed by atoms with E-state index in [0.717, 1.165) is 13.1 Å². The molecule has 1 aromatic carbocycles. The molecule has 1 saturated heterocycles. The van der Waals surface area contributed by atoms with Gasteiger partial charge in [0.05, 0.1) is 4.90 Å². The van der Waals surface area contributed by atoms with Crippen molar-refractivity contribution in [3.63, 3.8) is 0 Å². The van der Waals surface area contributed by atoms with Crippen molar-refractivity contribution < 1.29 is 13.2 Å². The van der Waals surface area contributed by atoms with Crippen LogP contribution in [0.3, 0.4) is 0 Å². The quantitative estimate of drug-likeness (QED) is 0.858. The molecule has 2 N–H and O–H groups in total. The molecule has 1 unspecified atom stereocenters. The largest absolute Gasteiger partial charge is 0.333 e. The third-order valence-electron chi connectivity index (χ3n) is 3.54. The number of carbonyl (C=O) groups excluding carboxylic acids is 1. The topological polar surface area (TPSA) is 78.5 Å². The van der Waals surface area contributed by atoms with Crippen molar-refractivity contribution in [1.82, 2.24) is 14.9 Å². The van der Waals surface area contributed by atoms with Crippen molar-refractivity contribution in [3.05, 3.63) is 29.8 Å². The number of hydrogen-bond donors (Lipinski definition) is 2. The monoisotopic (exact) mass is 325 g/mol. The zero-order chi connectivity index (χ0) is 16.3. The molecule has 1 aromatic rings. The Hall–Kier alpha value is -1.44. The molecular formula is C15H23N3O3S. The molecule has 1 heterocycles. The molecule has 0 bridgehead atoms. The summed E-state index contributed by atoms with van der Waals surface area (Å²) in [5.41, 5.74) is 0.403. The Bertz CT molecular complexity index is 643. The van der Waals surface area contributed by atoms with Crippen LogP contribution in [-0.4, -0.2) is 50.9 Å². The standard InChI is InChI=1S/C15H23N3O3S/c1-11(2)17-22(20,21)14-6-4-5-13(9-14)15(19)18-8-7-16-10-12(18)3/h4-6,9,11-12,16-17H,7-8,10H2,1-3H3. The van der Waals surface area contributed by atoms with Crippen LogP contribution >= 0.6 is 0 Å². The first kappa shape index (κ1) is 16.9. The highest BCUT2D eigenvalue weighted by Crippen LogP contribution is 2.15. The van der Waals surface area contributed by atoms with E-state index in [2.05, 4.69) is 10.0 Å². The SMILES string of the molecule is CC(C)NS(=O)(=O)c1cccc(C(=O)N2CCNCC2C)c1. The predicted molar refractivity (Wildman–Crippen MR) is 85.3 cm³/mol. The molecule has 2 rings (SSSR count). The third kappa shape index (κ3) is 3.85. The molecular weight excluding hydrogens is 302 g/mol. The Balaban J connectivity index is 2.26. The van der Waals surface area contributed by atoms with Gasteiger partial charge in [-0.05, 0) is 39.0 Å². The number of sulfonamides is 1. The minimum atomic E-state index is -3.59. The molecule has 122 valence electrons. The van der Waals surface area contributed by atoms with Gasteiger partial charge in [0.15, 0.2) is 0 Å². The number of nitrogens with one attached hydrogen (secondary N) is 2. The van der Waals surface area contributed by atoms with Crippen LogP contribution in [0.4, 0.5) is 0 Å². The van der Waals surface area contributed by atoms with Gasteiger partial charge in [-0.3, -0.25) is 4.79 Å². The molecule has 7 heteroatoms. The lowest BCUT2D eigenvalue weighted by Crippen LogP contribution is -2.52. The maximum absolute atomic E-state index is 12.6. The van der Waals surface area contributed by atoms with Gasteiger partial charge in [-0.1, -0.05) is 6.07 Å². The smallest absolute Gasteiger partial charge is 0.254 e. The highest BCUT2D eigenvalue weighted by Gasteiger charge is 2.25. The van der Waals surface area contributed by atoms with Crippen LogP contribution in [0.25, 0.3) is 0 Å². The number of amides is 1.